The van der Waals surface area contributed by atoms with Crippen LogP contribution in [-0.2, 0) is 0 Å². The van der Waals surface area contributed by atoms with Crippen LogP contribution in [-0.4, -0.2) is 23.4 Å². The Morgan fingerprint density at radius 2 is 2.25 bits per heavy atom. The lowest BCUT2D eigenvalue weighted by molar-refractivity contribution is 0.260. The Bertz CT molecular complexity index is 585. The van der Waals surface area contributed by atoms with Crippen LogP contribution in [0.15, 0.2) is 40.2 Å². The minimum absolute atomic E-state index is 0.252. The maximum Gasteiger partial charge on any atom is 0.256 e. The van der Waals surface area contributed by atoms with Crippen molar-refractivity contribution in [3.63, 3.8) is 0 Å². The molecule has 20 heavy (non-hydrogen) atoms. The highest BCUT2D eigenvalue weighted by Gasteiger charge is 2.32. The molecule has 106 valence electrons. The van der Waals surface area contributed by atoms with Crippen LogP contribution >= 0.6 is 11.8 Å². The van der Waals surface area contributed by atoms with Crippen molar-refractivity contribution >= 4 is 11.8 Å². The number of oxazole rings is 1. The van der Waals surface area contributed by atoms with Gasteiger partial charge in [0.1, 0.15) is 18.6 Å². The number of nitrogens with zero attached hydrogens (tertiary/aromatic N) is 1. The molecule has 0 fully saturated rings. The third-order valence-electron chi connectivity index (χ3n) is 3.30. The van der Waals surface area contributed by atoms with Gasteiger partial charge in [-0.1, -0.05) is 36.9 Å². The second kappa shape index (κ2) is 5.89. The van der Waals surface area contributed by atoms with E-state index in [1.807, 2.05) is 19.1 Å². The van der Waals surface area contributed by atoms with E-state index in [0.717, 1.165) is 18.0 Å². The van der Waals surface area contributed by atoms with Crippen molar-refractivity contribution < 1.29 is 9.15 Å². The molecule has 1 aromatic heterocycles. The van der Waals surface area contributed by atoms with E-state index in [1.165, 1.54) is 5.56 Å². The van der Waals surface area contributed by atoms with Gasteiger partial charge in [-0.25, -0.2) is 4.98 Å². The van der Waals surface area contributed by atoms with Gasteiger partial charge in [0, 0.05) is 5.56 Å². The first kappa shape index (κ1) is 13.5. The topological polar surface area (TPSA) is 47.3 Å². The molecule has 0 saturated carbocycles. The molecule has 1 aromatic carbocycles. The van der Waals surface area contributed by atoms with E-state index in [9.17, 15) is 0 Å². The van der Waals surface area contributed by atoms with Crippen molar-refractivity contribution in [2.24, 2.45) is 0 Å². The van der Waals surface area contributed by atoms with Crippen LogP contribution in [0, 0.1) is 6.92 Å². The van der Waals surface area contributed by atoms with Gasteiger partial charge >= 0.3 is 0 Å². The van der Waals surface area contributed by atoms with Crippen molar-refractivity contribution in [1.82, 2.24) is 10.3 Å². The van der Waals surface area contributed by atoms with Crippen LogP contribution in [0.2, 0.25) is 0 Å². The largest absolute Gasteiger partial charge is 0.492 e. The fourth-order valence-corrected chi connectivity index (χ4v) is 3.49. The Morgan fingerprint density at radius 3 is 3.00 bits per heavy atom. The van der Waals surface area contributed by atoms with E-state index in [0.29, 0.717) is 11.8 Å². The van der Waals surface area contributed by atoms with Gasteiger partial charge < -0.3 is 14.5 Å². The van der Waals surface area contributed by atoms with Crippen molar-refractivity contribution in [3.8, 4) is 5.75 Å². The van der Waals surface area contributed by atoms with Gasteiger partial charge in [-0.05, 0) is 19.5 Å². The van der Waals surface area contributed by atoms with Crippen LogP contribution in [0.5, 0.6) is 5.75 Å². The summed E-state index contributed by atoms with van der Waals surface area (Å²) < 4.78 is 11.3. The van der Waals surface area contributed by atoms with Crippen LogP contribution in [0.4, 0.5) is 0 Å². The molecule has 0 bridgehead atoms. The van der Waals surface area contributed by atoms with Crippen molar-refractivity contribution in [1.29, 1.82) is 0 Å². The Balaban J connectivity index is 1.84. The second-order valence-electron chi connectivity index (χ2n) is 4.80. The van der Waals surface area contributed by atoms with E-state index in [2.05, 4.69) is 29.4 Å². The molecule has 2 aromatic rings. The number of benzene rings is 1. The number of hydrogen-bond acceptors (Lipinski definition) is 5. The molecule has 0 aliphatic carbocycles. The Kier molecular flexibility index (Phi) is 3.98. The third kappa shape index (κ3) is 2.69. The van der Waals surface area contributed by atoms with Crippen LogP contribution in [0.1, 0.15) is 24.2 Å². The molecule has 2 unspecified atom stereocenters. The lowest BCUT2D eigenvalue weighted by Gasteiger charge is -2.32. The Hall–Kier alpha value is -1.46. The molecule has 1 aliphatic rings. The Morgan fingerprint density at radius 1 is 1.40 bits per heavy atom. The predicted octanol–water partition coefficient (Wildman–Crippen LogP) is 3.19. The zero-order valence-electron chi connectivity index (χ0n) is 11.6. The number of nitrogens with one attached hydrogen (secondary N) is 1. The summed E-state index contributed by atoms with van der Waals surface area (Å²) in [6, 6.07) is 8.45. The van der Waals surface area contributed by atoms with Gasteiger partial charge in [0.25, 0.3) is 5.22 Å². The molecule has 1 N–H and O–H groups in total. The maximum atomic E-state index is 5.86. The zero-order chi connectivity index (χ0) is 13.9. The molecule has 2 atom stereocenters. The normalized spacial score (nSPS) is 21.3. The van der Waals surface area contributed by atoms with Crippen LogP contribution < -0.4 is 10.1 Å². The molecule has 3 rings (SSSR count). The zero-order valence-corrected chi connectivity index (χ0v) is 12.4. The summed E-state index contributed by atoms with van der Waals surface area (Å²) in [5, 5.41) is 4.51. The molecular formula is C15H18N2O2S. The number of ether oxygens (including phenoxy) is 1. The smallest absolute Gasteiger partial charge is 0.256 e. The fraction of sp³-hybridized carbons (Fsp3) is 0.400. The second-order valence-corrected chi connectivity index (χ2v) is 5.99. The monoisotopic (exact) mass is 290 g/mol. The number of aromatic nitrogens is 1. The molecule has 4 nitrogen and oxygen atoms in total. The average Bonchev–Trinajstić information content (AvgIpc) is 2.87. The van der Waals surface area contributed by atoms with Crippen LogP contribution in [0.3, 0.4) is 0 Å². The summed E-state index contributed by atoms with van der Waals surface area (Å²) in [4.78, 5) is 4.37. The fourth-order valence-electron chi connectivity index (χ4n) is 2.42. The van der Waals surface area contributed by atoms with Crippen LogP contribution in [0.25, 0.3) is 0 Å². The van der Waals surface area contributed by atoms with Crippen molar-refractivity contribution in [2.75, 3.05) is 13.2 Å². The van der Waals surface area contributed by atoms with Gasteiger partial charge in [0.2, 0.25) is 0 Å². The first-order valence-corrected chi connectivity index (χ1v) is 7.69. The summed E-state index contributed by atoms with van der Waals surface area (Å²) in [6.45, 7) is 5.62. The molecule has 0 saturated heterocycles. The minimum atomic E-state index is 0.252. The number of aryl methyl sites for hydroxylation is 1. The number of thioether (sulfide) groups is 1. The van der Waals surface area contributed by atoms with Gasteiger partial charge in [-0.15, -0.1) is 0 Å². The molecule has 0 radical (unpaired) electrons. The molecule has 5 heteroatoms. The lowest BCUT2D eigenvalue weighted by Crippen LogP contribution is -2.37. The lowest BCUT2D eigenvalue weighted by atomic mass is 10.0. The first-order valence-electron chi connectivity index (χ1n) is 6.82. The summed E-state index contributed by atoms with van der Waals surface area (Å²) in [7, 11) is 0. The number of fused-ring (bicyclic) bond motifs is 1. The highest BCUT2D eigenvalue weighted by atomic mass is 32.2. The standard InChI is InChI=1S/C15H18N2O2S/c1-3-16-14-11-6-4-5-7-12(11)18-9-13(14)20-15-17-10(2)8-19-15/h4-8,13-14,16H,3,9H2,1-2H3. The summed E-state index contributed by atoms with van der Waals surface area (Å²) in [5.41, 5.74) is 2.12. The summed E-state index contributed by atoms with van der Waals surface area (Å²) >= 11 is 1.63. The van der Waals surface area contributed by atoms with Crippen molar-refractivity contribution in [2.45, 2.75) is 30.4 Å². The Labute approximate surface area is 122 Å². The van der Waals surface area contributed by atoms with Gasteiger partial charge in [0.05, 0.1) is 17.0 Å². The average molecular weight is 290 g/mol. The molecule has 1 aliphatic heterocycles. The highest BCUT2D eigenvalue weighted by Crippen LogP contribution is 2.39. The molecule has 0 amide bonds. The SMILES string of the molecule is CCNC1c2ccccc2OCC1Sc1nc(C)co1. The van der Waals surface area contributed by atoms with Gasteiger partial charge in [-0.3, -0.25) is 0 Å². The minimum Gasteiger partial charge on any atom is -0.492 e. The number of rotatable bonds is 4. The molecule has 0 spiro atoms. The maximum absolute atomic E-state index is 5.86. The first-order chi connectivity index (χ1) is 9.78. The molecule has 2 heterocycles. The van der Waals surface area contributed by atoms with E-state index >= 15 is 0 Å². The quantitative estimate of drug-likeness (QED) is 0.937. The molecular weight excluding hydrogens is 272 g/mol. The van der Waals surface area contributed by atoms with E-state index < -0.39 is 0 Å². The van der Waals surface area contributed by atoms with Gasteiger partial charge in [-0.2, -0.15) is 0 Å². The summed E-state index contributed by atoms with van der Waals surface area (Å²) in [6.07, 6.45) is 1.68. The van der Waals surface area contributed by atoms with Crippen molar-refractivity contribution in [3.05, 3.63) is 41.8 Å². The third-order valence-corrected chi connectivity index (χ3v) is 4.40. The highest BCUT2D eigenvalue weighted by molar-refractivity contribution is 7.99. The van der Waals surface area contributed by atoms with E-state index in [-0.39, 0.29) is 11.3 Å². The van der Waals surface area contributed by atoms with Gasteiger partial charge in [0.15, 0.2) is 0 Å². The predicted molar refractivity (Wildman–Crippen MR) is 79.2 cm³/mol. The number of hydrogen-bond donors (Lipinski definition) is 1. The summed E-state index contributed by atoms with van der Waals surface area (Å²) in [5.74, 6) is 0.971. The number of para-hydroxylation sites is 1. The van der Waals surface area contributed by atoms with E-state index in [1.54, 1.807) is 18.0 Å². The van der Waals surface area contributed by atoms with E-state index in [4.69, 9.17) is 9.15 Å².